The fourth-order valence-corrected chi connectivity index (χ4v) is 3.41. The second kappa shape index (κ2) is 8.36. The van der Waals surface area contributed by atoms with E-state index in [4.69, 9.17) is 17.0 Å². The summed E-state index contributed by atoms with van der Waals surface area (Å²) in [6.07, 6.45) is 1.91. The number of halogens is 1. The number of benzene rings is 1. The van der Waals surface area contributed by atoms with E-state index in [9.17, 15) is 9.59 Å². The molecule has 0 aromatic heterocycles. The van der Waals surface area contributed by atoms with E-state index in [1.54, 1.807) is 26.0 Å². The molecule has 0 saturated carbocycles. The summed E-state index contributed by atoms with van der Waals surface area (Å²) in [6, 6.07) is 7.54. The molecular weight excluding hydrogens is 352 g/mol. The van der Waals surface area contributed by atoms with E-state index < -0.39 is 11.8 Å². The van der Waals surface area contributed by atoms with Crippen molar-refractivity contribution in [2.24, 2.45) is 11.8 Å². The molecule has 1 aliphatic rings. The minimum Gasteiger partial charge on any atom is -0.368 e. The summed E-state index contributed by atoms with van der Waals surface area (Å²) >= 11 is 6.33. The van der Waals surface area contributed by atoms with Crippen molar-refractivity contribution in [3.05, 3.63) is 40.6 Å². The fourth-order valence-electron chi connectivity index (χ4n) is 3.21. The number of amides is 2. The highest BCUT2D eigenvalue weighted by atomic mass is 35.5. The lowest BCUT2D eigenvalue weighted by atomic mass is 9.88. The highest BCUT2D eigenvalue weighted by Gasteiger charge is 2.45. The molecule has 0 spiro atoms. The molecule has 6 nitrogen and oxygen atoms in total. The van der Waals surface area contributed by atoms with Crippen LogP contribution in [0, 0.1) is 17.2 Å². The number of carbonyl (C=O) groups excluding carboxylic acids is 2. The quantitative estimate of drug-likeness (QED) is 0.455. The Balaban J connectivity index is 2.37. The highest BCUT2D eigenvalue weighted by Crippen LogP contribution is 2.33. The van der Waals surface area contributed by atoms with E-state index in [0.717, 1.165) is 18.2 Å². The summed E-state index contributed by atoms with van der Waals surface area (Å²) in [7, 11) is 5.19. The number of aryl methyl sites for hydroxylation is 1. The van der Waals surface area contributed by atoms with Crippen LogP contribution >= 0.6 is 11.6 Å². The van der Waals surface area contributed by atoms with E-state index >= 15 is 0 Å². The molecule has 1 aliphatic heterocycles. The largest absolute Gasteiger partial charge is 0.368 e. The summed E-state index contributed by atoms with van der Waals surface area (Å²) in [6.45, 7) is 2.36. The third-order valence-electron chi connectivity index (χ3n) is 4.64. The average Bonchev–Trinajstić information content (AvgIpc) is 2.90. The number of para-hydroxylation sites is 1. The maximum atomic E-state index is 12.9. The first-order valence-corrected chi connectivity index (χ1v) is 8.90. The van der Waals surface area contributed by atoms with Crippen molar-refractivity contribution in [1.82, 2.24) is 9.80 Å². The van der Waals surface area contributed by atoms with Crippen molar-refractivity contribution < 1.29 is 9.59 Å². The molecular formula is C19H25ClN4O2. The fraction of sp³-hybridized carbons (Fsp3) is 0.421. The van der Waals surface area contributed by atoms with Gasteiger partial charge in [-0.15, -0.1) is 0 Å². The van der Waals surface area contributed by atoms with Gasteiger partial charge in [-0.3, -0.25) is 9.59 Å². The zero-order valence-electron chi connectivity index (χ0n) is 15.5. The van der Waals surface area contributed by atoms with Crippen LogP contribution in [0.1, 0.15) is 12.5 Å². The maximum Gasteiger partial charge on any atom is 0.237 e. The zero-order chi connectivity index (χ0) is 19.4. The number of nitrogens with zero attached hydrogens (tertiary/aromatic N) is 2. The van der Waals surface area contributed by atoms with Crippen LogP contribution in [0.25, 0.3) is 0 Å². The Labute approximate surface area is 159 Å². The first kappa shape index (κ1) is 20.0. The Morgan fingerprint density at radius 3 is 2.65 bits per heavy atom. The number of rotatable bonds is 6. The second-order valence-electron chi connectivity index (χ2n) is 6.59. The van der Waals surface area contributed by atoms with Crippen molar-refractivity contribution >= 4 is 35.3 Å². The van der Waals surface area contributed by atoms with E-state index in [2.05, 4.69) is 5.32 Å². The number of likely N-dealkylation sites (tertiary alicyclic amines) is 1. The average molecular weight is 377 g/mol. The number of nitrogens with one attached hydrogen (secondary N) is 2. The van der Waals surface area contributed by atoms with Gasteiger partial charge in [0.2, 0.25) is 11.8 Å². The van der Waals surface area contributed by atoms with Crippen LogP contribution in [-0.2, 0) is 16.0 Å². The maximum absolute atomic E-state index is 12.9. The predicted molar refractivity (Wildman–Crippen MR) is 104 cm³/mol. The van der Waals surface area contributed by atoms with E-state index in [1.165, 1.54) is 4.90 Å². The van der Waals surface area contributed by atoms with Crippen LogP contribution in [0.15, 0.2) is 35.0 Å². The van der Waals surface area contributed by atoms with Crippen LogP contribution in [0.2, 0.25) is 0 Å². The van der Waals surface area contributed by atoms with Crippen LogP contribution in [0.4, 0.5) is 5.69 Å². The third-order valence-corrected chi connectivity index (χ3v) is 5.20. The Bertz CT molecular complexity index is 745. The Kier molecular flexibility index (Phi) is 6.42. The SMILES string of the molecule is CCc1ccccc1NC(=O)[C@H]1C(=O)N(C)C[C@@H]1/C(C=N)=C(\Cl)N(C)C. The lowest BCUT2D eigenvalue weighted by molar-refractivity contribution is -0.135. The number of anilines is 1. The molecule has 1 aromatic rings. The summed E-state index contributed by atoms with van der Waals surface area (Å²) in [5, 5.41) is 11.0. The van der Waals surface area contributed by atoms with Crippen LogP contribution in [0.3, 0.4) is 0 Å². The van der Waals surface area contributed by atoms with Crippen LogP contribution < -0.4 is 5.32 Å². The van der Waals surface area contributed by atoms with E-state index in [0.29, 0.717) is 23.0 Å². The lowest BCUT2D eigenvalue weighted by Crippen LogP contribution is -2.34. The first-order valence-electron chi connectivity index (χ1n) is 8.53. The van der Waals surface area contributed by atoms with Crippen LogP contribution in [-0.4, -0.2) is 55.5 Å². The molecule has 2 amide bonds. The highest BCUT2D eigenvalue weighted by molar-refractivity contribution is 6.31. The molecule has 7 heteroatoms. The Morgan fingerprint density at radius 2 is 2.08 bits per heavy atom. The third kappa shape index (κ3) is 3.90. The van der Waals surface area contributed by atoms with Crippen molar-refractivity contribution in [1.29, 1.82) is 5.41 Å². The molecule has 0 aliphatic carbocycles. The molecule has 1 aromatic carbocycles. The number of hydrogen-bond acceptors (Lipinski definition) is 4. The molecule has 1 fully saturated rings. The van der Waals surface area contributed by atoms with Gasteiger partial charge in [-0.05, 0) is 18.1 Å². The van der Waals surface area contributed by atoms with Crippen molar-refractivity contribution in [3.63, 3.8) is 0 Å². The van der Waals surface area contributed by atoms with Gasteiger partial charge in [0.1, 0.15) is 11.1 Å². The van der Waals surface area contributed by atoms with Gasteiger partial charge in [-0.2, -0.15) is 0 Å². The van der Waals surface area contributed by atoms with Gasteiger partial charge in [0.05, 0.1) is 0 Å². The normalized spacial score (nSPS) is 20.7. The molecule has 140 valence electrons. The Hall–Kier alpha value is -2.34. The van der Waals surface area contributed by atoms with Gasteiger partial charge >= 0.3 is 0 Å². The minimum atomic E-state index is -0.907. The molecule has 1 heterocycles. The monoisotopic (exact) mass is 376 g/mol. The van der Waals surface area contributed by atoms with Gasteiger partial charge in [0.15, 0.2) is 0 Å². The molecule has 2 atom stereocenters. The lowest BCUT2D eigenvalue weighted by Gasteiger charge is -2.22. The Morgan fingerprint density at radius 1 is 1.42 bits per heavy atom. The van der Waals surface area contributed by atoms with Crippen molar-refractivity contribution in [3.8, 4) is 0 Å². The molecule has 0 unspecified atom stereocenters. The van der Waals surface area contributed by atoms with E-state index in [1.807, 2.05) is 31.2 Å². The molecule has 2 N–H and O–H groups in total. The second-order valence-corrected chi connectivity index (χ2v) is 6.95. The molecule has 0 radical (unpaired) electrons. The summed E-state index contributed by atoms with van der Waals surface area (Å²) in [5.74, 6) is -2.00. The van der Waals surface area contributed by atoms with Gasteiger partial charge in [0, 0.05) is 51.1 Å². The van der Waals surface area contributed by atoms with Gasteiger partial charge in [0.25, 0.3) is 0 Å². The van der Waals surface area contributed by atoms with Crippen LogP contribution in [0.5, 0.6) is 0 Å². The number of hydrogen-bond donors (Lipinski definition) is 2. The first-order chi connectivity index (χ1) is 12.3. The van der Waals surface area contributed by atoms with Crippen molar-refractivity contribution in [2.45, 2.75) is 13.3 Å². The summed E-state index contributed by atoms with van der Waals surface area (Å²) in [4.78, 5) is 28.8. The molecule has 26 heavy (non-hydrogen) atoms. The standard InChI is InChI=1S/C19H25ClN4O2/c1-5-12-8-6-7-9-15(12)22-18(25)16-14(11-24(4)19(16)26)13(10-21)17(20)23(2)3/h6-10,14,16,21H,5,11H2,1-4H3,(H,22,25)/b17-13+,21-10?/t14-,16+/m1/s1. The zero-order valence-corrected chi connectivity index (χ0v) is 16.3. The topological polar surface area (TPSA) is 76.5 Å². The van der Waals surface area contributed by atoms with Gasteiger partial charge in [-0.25, -0.2) is 0 Å². The number of carbonyl (C=O) groups is 2. The summed E-state index contributed by atoms with van der Waals surface area (Å²) < 4.78 is 0. The van der Waals surface area contributed by atoms with Gasteiger partial charge in [-0.1, -0.05) is 36.7 Å². The predicted octanol–water partition coefficient (Wildman–Crippen LogP) is 2.55. The van der Waals surface area contributed by atoms with Gasteiger partial charge < -0.3 is 20.5 Å². The molecule has 2 rings (SSSR count). The smallest absolute Gasteiger partial charge is 0.237 e. The molecule has 0 bridgehead atoms. The van der Waals surface area contributed by atoms with E-state index in [-0.39, 0.29) is 11.8 Å². The summed E-state index contributed by atoms with van der Waals surface area (Å²) in [5.41, 5.74) is 2.20. The molecule has 1 saturated heterocycles. The minimum absolute atomic E-state index is 0.260. The van der Waals surface area contributed by atoms with Crippen molar-refractivity contribution in [2.75, 3.05) is 33.0 Å².